The van der Waals surface area contributed by atoms with Crippen LogP contribution in [0.2, 0.25) is 5.02 Å². The third-order valence-corrected chi connectivity index (χ3v) is 2.92. The first-order chi connectivity index (χ1) is 8.16. The molecule has 0 fully saturated rings. The topological polar surface area (TPSA) is 64.9 Å². The highest BCUT2D eigenvalue weighted by molar-refractivity contribution is 6.30. The molecular weight excluding hydrogens is 234 g/mol. The summed E-state index contributed by atoms with van der Waals surface area (Å²) in [7, 11) is 0. The van der Waals surface area contributed by atoms with Gasteiger partial charge in [0.15, 0.2) is 0 Å². The maximum atomic E-state index is 6.12. The second-order valence-electron chi connectivity index (χ2n) is 3.91. The van der Waals surface area contributed by atoms with Gasteiger partial charge in [-0.05, 0) is 35.7 Å². The van der Waals surface area contributed by atoms with E-state index in [-0.39, 0.29) is 6.04 Å². The molecule has 0 aliphatic carbocycles. The van der Waals surface area contributed by atoms with Crippen molar-refractivity contribution in [3.63, 3.8) is 0 Å². The third-order valence-electron chi connectivity index (χ3n) is 2.66. The molecule has 2 rings (SSSR count). The van der Waals surface area contributed by atoms with E-state index in [1.54, 1.807) is 6.20 Å². The molecular formula is C13H14ClN3. The van der Waals surface area contributed by atoms with Crippen LogP contribution >= 0.6 is 11.6 Å². The predicted molar refractivity (Wildman–Crippen MR) is 70.7 cm³/mol. The van der Waals surface area contributed by atoms with Crippen LogP contribution in [0.4, 0.5) is 5.82 Å². The summed E-state index contributed by atoms with van der Waals surface area (Å²) in [5, 5.41) is 0.710. The molecule has 1 aromatic carbocycles. The Bertz CT molecular complexity index is 496. The molecule has 2 aromatic rings. The van der Waals surface area contributed by atoms with Crippen molar-refractivity contribution in [3.8, 4) is 0 Å². The first-order valence-electron chi connectivity index (χ1n) is 5.37. The van der Waals surface area contributed by atoms with Crippen LogP contribution in [0.5, 0.6) is 0 Å². The molecule has 0 saturated carbocycles. The Morgan fingerprint density at radius 3 is 2.53 bits per heavy atom. The van der Waals surface area contributed by atoms with Crippen molar-refractivity contribution in [1.29, 1.82) is 0 Å². The second-order valence-corrected chi connectivity index (χ2v) is 4.35. The second kappa shape index (κ2) is 5.17. The van der Waals surface area contributed by atoms with Gasteiger partial charge < -0.3 is 11.5 Å². The van der Waals surface area contributed by atoms with Gasteiger partial charge in [-0.1, -0.05) is 29.8 Å². The highest BCUT2D eigenvalue weighted by Crippen LogP contribution is 2.20. The molecule has 0 amide bonds. The van der Waals surface area contributed by atoms with Gasteiger partial charge in [-0.2, -0.15) is 0 Å². The number of halogens is 1. The molecule has 0 bridgehead atoms. The number of pyridine rings is 1. The van der Waals surface area contributed by atoms with Crippen LogP contribution in [-0.4, -0.2) is 4.98 Å². The number of benzene rings is 1. The van der Waals surface area contributed by atoms with Crippen molar-refractivity contribution >= 4 is 17.4 Å². The van der Waals surface area contributed by atoms with E-state index >= 15 is 0 Å². The van der Waals surface area contributed by atoms with E-state index in [0.29, 0.717) is 17.3 Å². The summed E-state index contributed by atoms with van der Waals surface area (Å²) in [4.78, 5) is 4.04. The Balaban J connectivity index is 2.14. The number of rotatable bonds is 3. The van der Waals surface area contributed by atoms with Crippen LogP contribution in [0.1, 0.15) is 17.2 Å². The third kappa shape index (κ3) is 2.96. The van der Waals surface area contributed by atoms with Gasteiger partial charge in [0, 0.05) is 17.3 Å². The van der Waals surface area contributed by atoms with Gasteiger partial charge >= 0.3 is 0 Å². The standard InChI is InChI=1S/C13H14ClN3/c14-11-5-3-9(4-6-11)12(15)8-10-2-1-7-17-13(10)16/h1-7,12H,8,15H2,(H2,16,17). The van der Waals surface area contributed by atoms with E-state index < -0.39 is 0 Å². The van der Waals surface area contributed by atoms with Gasteiger partial charge in [0.2, 0.25) is 0 Å². The minimum absolute atomic E-state index is 0.0984. The van der Waals surface area contributed by atoms with Crippen molar-refractivity contribution in [2.24, 2.45) is 5.73 Å². The molecule has 3 nitrogen and oxygen atoms in total. The zero-order chi connectivity index (χ0) is 12.3. The maximum Gasteiger partial charge on any atom is 0.126 e. The summed E-state index contributed by atoms with van der Waals surface area (Å²) >= 11 is 5.83. The molecule has 1 heterocycles. The van der Waals surface area contributed by atoms with E-state index in [0.717, 1.165) is 11.1 Å². The zero-order valence-electron chi connectivity index (χ0n) is 9.31. The van der Waals surface area contributed by atoms with Crippen molar-refractivity contribution in [2.45, 2.75) is 12.5 Å². The molecule has 1 aromatic heterocycles. The summed E-state index contributed by atoms with van der Waals surface area (Å²) in [5.41, 5.74) is 13.9. The molecule has 0 saturated heterocycles. The molecule has 0 radical (unpaired) electrons. The lowest BCUT2D eigenvalue weighted by Gasteiger charge is -2.13. The lowest BCUT2D eigenvalue weighted by molar-refractivity contribution is 0.721. The largest absolute Gasteiger partial charge is 0.383 e. The monoisotopic (exact) mass is 247 g/mol. The number of nitrogens with two attached hydrogens (primary N) is 2. The summed E-state index contributed by atoms with van der Waals surface area (Å²) in [5.74, 6) is 0.539. The molecule has 1 atom stereocenters. The zero-order valence-corrected chi connectivity index (χ0v) is 10.1. The molecule has 0 spiro atoms. The number of nitrogens with zero attached hydrogens (tertiary/aromatic N) is 1. The van der Waals surface area contributed by atoms with Gasteiger partial charge in [0.25, 0.3) is 0 Å². The van der Waals surface area contributed by atoms with Crippen LogP contribution in [0.25, 0.3) is 0 Å². The fourth-order valence-electron chi connectivity index (χ4n) is 1.69. The normalized spacial score (nSPS) is 12.4. The van der Waals surface area contributed by atoms with Crippen LogP contribution in [-0.2, 0) is 6.42 Å². The Morgan fingerprint density at radius 2 is 1.88 bits per heavy atom. The molecule has 88 valence electrons. The Kier molecular flexibility index (Phi) is 3.61. The number of anilines is 1. The highest BCUT2D eigenvalue weighted by Gasteiger charge is 2.09. The number of hydrogen-bond donors (Lipinski definition) is 2. The maximum absolute atomic E-state index is 6.12. The predicted octanol–water partition coefficient (Wildman–Crippen LogP) is 2.56. The van der Waals surface area contributed by atoms with Gasteiger partial charge in [-0.15, -0.1) is 0 Å². The Labute approximate surface area is 105 Å². The number of hydrogen-bond acceptors (Lipinski definition) is 3. The fourth-order valence-corrected chi connectivity index (χ4v) is 1.81. The van der Waals surface area contributed by atoms with E-state index in [1.807, 2.05) is 36.4 Å². The smallest absolute Gasteiger partial charge is 0.126 e. The molecule has 4 N–H and O–H groups in total. The summed E-state index contributed by atoms with van der Waals surface area (Å²) in [6, 6.07) is 11.2. The molecule has 4 heteroatoms. The summed E-state index contributed by atoms with van der Waals surface area (Å²) in [6.07, 6.45) is 2.34. The number of nitrogen functional groups attached to an aromatic ring is 1. The minimum atomic E-state index is -0.0984. The Hall–Kier alpha value is -1.58. The lowest BCUT2D eigenvalue weighted by Crippen LogP contribution is -2.14. The minimum Gasteiger partial charge on any atom is -0.383 e. The first kappa shape index (κ1) is 11.9. The van der Waals surface area contributed by atoms with E-state index in [2.05, 4.69) is 4.98 Å². The molecule has 0 aliphatic rings. The van der Waals surface area contributed by atoms with Crippen LogP contribution in [0, 0.1) is 0 Å². The summed E-state index contributed by atoms with van der Waals surface area (Å²) in [6.45, 7) is 0. The lowest BCUT2D eigenvalue weighted by atomic mass is 10.0. The van der Waals surface area contributed by atoms with Gasteiger partial charge in [0.1, 0.15) is 5.82 Å². The van der Waals surface area contributed by atoms with Crippen molar-refractivity contribution in [2.75, 3.05) is 5.73 Å². The first-order valence-corrected chi connectivity index (χ1v) is 5.75. The van der Waals surface area contributed by atoms with Crippen molar-refractivity contribution in [1.82, 2.24) is 4.98 Å². The number of aromatic nitrogens is 1. The highest BCUT2D eigenvalue weighted by atomic mass is 35.5. The molecule has 17 heavy (non-hydrogen) atoms. The van der Waals surface area contributed by atoms with Crippen molar-refractivity contribution < 1.29 is 0 Å². The van der Waals surface area contributed by atoms with Crippen LogP contribution in [0.3, 0.4) is 0 Å². The molecule has 0 aliphatic heterocycles. The van der Waals surface area contributed by atoms with Crippen molar-refractivity contribution in [3.05, 3.63) is 58.7 Å². The average Bonchev–Trinajstić information content (AvgIpc) is 2.33. The molecule has 1 unspecified atom stereocenters. The quantitative estimate of drug-likeness (QED) is 0.876. The van der Waals surface area contributed by atoms with E-state index in [1.165, 1.54) is 0 Å². The fraction of sp³-hybridized carbons (Fsp3) is 0.154. The van der Waals surface area contributed by atoms with Crippen LogP contribution in [0.15, 0.2) is 42.6 Å². The Morgan fingerprint density at radius 1 is 1.18 bits per heavy atom. The van der Waals surface area contributed by atoms with Gasteiger partial charge in [0.05, 0.1) is 0 Å². The SMILES string of the molecule is Nc1ncccc1CC(N)c1ccc(Cl)cc1. The average molecular weight is 248 g/mol. The van der Waals surface area contributed by atoms with Crippen LogP contribution < -0.4 is 11.5 Å². The van der Waals surface area contributed by atoms with E-state index in [4.69, 9.17) is 23.1 Å². The van der Waals surface area contributed by atoms with Gasteiger partial charge in [-0.25, -0.2) is 4.98 Å². The summed E-state index contributed by atoms with van der Waals surface area (Å²) < 4.78 is 0. The van der Waals surface area contributed by atoms with Gasteiger partial charge in [-0.3, -0.25) is 0 Å². The van der Waals surface area contributed by atoms with E-state index in [9.17, 15) is 0 Å².